The van der Waals surface area contributed by atoms with E-state index in [1.165, 1.54) is 6.33 Å². The van der Waals surface area contributed by atoms with Crippen molar-refractivity contribution < 1.29 is 9.84 Å². The smallest absolute Gasteiger partial charge is 0.196 e. The Labute approximate surface area is 178 Å². The normalized spacial score (nSPS) is 10.7. The van der Waals surface area contributed by atoms with E-state index in [1.54, 1.807) is 48.5 Å². The zero-order chi connectivity index (χ0) is 22.1. The van der Waals surface area contributed by atoms with Crippen molar-refractivity contribution in [2.24, 2.45) is 7.05 Å². The highest BCUT2D eigenvalue weighted by molar-refractivity contribution is 5.76. The van der Waals surface area contributed by atoms with Crippen LogP contribution in [-0.2, 0) is 7.05 Å². The number of aromatic hydroxyl groups is 1. The number of nitrogens with zero attached hydrogens (tertiary/aromatic N) is 7. The molecule has 4 rings (SSSR count). The Morgan fingerprint density at radius 2 is 1.87 bits per heavy atom. The van der Waals surface area contributed by atoms with Gasteiger partial charge in [0, 0.05) is 18.7 Å². The van der Waals surface area contributed by atoms with E-state index in [-0.39, 0.29) is 5.75 Å². The van der Waals surface area contributed by atoms with E-state index in [4.69, 9.17) is 10.00 Å². The van der Waals surface area contributed by atoms with Crippen molar-refractivity contribution >= 4 is 11.6 Å². The number of hydrogen-bond donors (Lipinski definition) is 2. The Kier molecular flexibility index (Phi) is 5.00. The van der Waals surface area contributed by atoms with Gasteiger partial charge in [-0.1, -0.05) is 12.1 Å². The van der Waals surface area contributed by atoms with Crippen LogP contribution in [0.15, 0.2) is 36.7 Å². The Bertz CT molecular complexity index is 1300. The van der Waals surface area contributed by atoms with Crippen LogP contribution < -0.4 is 10.1 Å². The summed E-state index contributed by atoms with van der Waals surface area (Å²) in [6, 6.07) is 11.0. The molecule has 0 unspecified atom stereocenters. The van der Waals surface area contributed by atoms with Crippen molar-refractivity contribution in [3.8, 4) is 34.6 Å². The summed E-state index contributed by atoms with van der Waals surface area (Å²) in [5, 5.41) is 31.1. The van der Waals surface area contributed by atoms with E-state index < -0.39 is 0 Å². The van der Waals surface area contributed by atoms with Gasteiger partial charge in [0.25, 0.3) is 0 Å². The number of rotatable bonds is 5. The Morgan fingerprint density at radius 1 is 1.13 bits per heavy atom. The maximum absolute atomic E-state index is 10.0. The van der Waals surface area contributed by atoms with Crippen LogP contribution in [0.4, 0.5) is 11.6 Å². The van der Waals surface area contributed by atoms with Crippen LogP contribution in [0.3, 0.4) is 0 Å². The number of aryl methyl sites for hydroxylation is 2. The molecule has 31 heavy (non-hydrogen) atoms. The zero-order valence-electron chi connectivity index (χ0n) is 17.5. The molecule has 0 radical (unpaired) electrons. The molecule has 10 heteroatoms. The summed E-state index contributed by atoms with van der Waals surface area (Å²) in [4.78, 5) is 8.51. The lowest BCUT2D eigenvalue weighted by Gasteiger charge is -2.08. The van der Waals surface area contributed by atoms with Gasteiger partial charge < -0.3 is 15.2 Å². The SMILES string of the molecule is COc1c(Nc2cc(-n3nc(C)c(O)c3C)ncn2)nn(C)c1-c1ccc(C#N)cc1. The number of benzene rings is 1. The number of ether oxygens (including phenoxy) is 1. The zero-order valence-corrected chi connectivity index (χ0v) is 17.5. The summed E-state index contributed by atoms with van der Waals surface area (Å²) < 4.78 is 8.88. The van der Waals surface area contributed by atoms with Gasteiger partial charge in [-0.05, 0) is 26.0 Å². The summed E-state index contributed by atoms with van der Waals surface area (Å²) in [5.41, 5.74) is 3.30. The second-order valence-corrected chi connectivity index (χ2v) is 6.86. The van der Waals surface area contributed by atoms with Crippen molar-refractivity contribution in [2.45, 2.75) is 13.8 Å². The van der Waals surface area contributed by atoms with Gasteiger partial charge in [0.2, 0.25) is 0 Å². The summed E-state index contributed by atoms with van der Waals surface area (Å²) >= 11 is 0. The highest BCUT2D eigenvalue weighted by Crippen LogP contribution is 2.37. The molecule has 0 atom stereocenters. The van der Waals surface area contributed by atoms with E-state index in [1.807, 2.05) is 19.2 Å². The Balaban J connectivity index is 1.70. The van der Waals surface area contributed by atoms with Gasteiger partial charge in [0.05, 0.1) is 24.4 Å². The fourth-order valence-corrected chi connectivity index (χ4v) is 3.31. The highest BCUT2D eigenvalue weighted by atomic mass is 16.5. The molecule has 3 heterocycles. The lowest BCUT2D eigenvalue weighted by Crippen LogP contribution is -2.04. The predicted octanol–water partition coefficient (Wildman–Crippen LogP) is 3.01. The summed E-state index contributed by atoms with van der Waals surface area (Å²) in [6.45, 7) is 3.48. The predicted molar refractivity (Wildman–Crippen MR) is 113 cm³/mol. The average molecular weight is 416 g/mol. The van der Waals surface area contributed by atoms with Crippen LogP contribution in [-0.4, -0.2) is 41.7 Å². The summed E-state index contributed by atoms with van der Waals surface area (Å²) in [7, 11) is 3.38. The topological polar surface area (TPSA) is 127 Å². The second kappa shape index (κ2) is 7.79. The van der Waals surface area contributed by atoms with Crippen LogP contribution in [0.25, 0.3) is 17.1 Å². The number of nitriles is 1. The highest BCUT2D eigenvalue weighted by Gasteiger charge is 2.20. The quantitative estimate of drug-likeness (QED) is 0.508. The van der Waals surface area contributed by atoms with Crippen LogP contribution in [0, 0.1) is 25.2 Å². The summed E-state index contributed by atoms with van der Waals surface area (Å²) in [5.74, 6) is 2.13. The molecule has 0 saturated heterocycles. The van der Waals surface area contributed by atoms with Gasteiger partial charge in [-0.25, -0.2) is 14.6 Å². The molecule has 10 nitrogen and oxygen atoms in total. The van der Waals surface area contributed by atoms with Crippen molar-refractivity contribution in [3.05, 3.63) is 53.6 Å². The number of aromatic nitrogens is 6. The van der Waals surface area contributed by atoms with Gasteiger partial charge in [0.1, 0.15) is 23.5 Å². The van der Waals surface area contributed by atoms with Gasteiger partial charge in [-0.2, -0.15) is 15.5 Å². The van der Waals surface area contributed by atoms with E-state index in [9.17, 15) is 5.11 Å². The first-order valence-corrected chi connectivity index (χ1v) is 9.39. The monoisotopic (exact) mass is 416 g/mol. The fraction of sp³-hybridized carbons (Fsp3) is 0.190. The van der Waals surface area contributed by atoms with Crippen molar-refractivity contribution in [1.29, 1.82) is 5.26 Å². The lowest BCUT2D eigenvalue weighted by atomic mass is 10.1. The van der Waals surface area contributed by atoms with Crippen molar-refractivity contribution in [2.75, 3.05) is 12.4 Å². The molecule has 3 aromatic heterocycles. The van der Waals surface area contributed by atoms with Crippen LogP contribution in [0.2, 0.25) is 0 Å². The van der Waals surface area contributed by atoms with Gasteiger partial charge in [-0.15, -0.1) is 0 Å². The molecule has 0 bridgehead atoms. The van der Waals surface area contributed by atoms with Crippen LogP contribution in [0.1, 0.15) is 17.0 Å². The third-order valence-electron chi connectivity index (χ3n) is 4.86. The first kappa shape index (κ1) is 19.9. The van der Waals surface area contributed by atoms with Gasteiger partial charge >= 0.3 is 0 Å². The van der Waals surface area contributed by atoms with Crippen LogP contribution >= 0.6 is 0 Å². The number of nitrogens with one attached hydrogen (secondary N) is 1. The maximum atomic E-state index is 10.0. The third kappa shape index (κ3) is 3.53. The van der Waals surface area contributed by atoms with Gasteiger partial charge in [-0.3, -0.25) is 4.68 Å². The van der Waals surface area contributed by atoms with E-state index in [0.29, 0.717) is 40.2 Å². The molecule has 4 aromatic rings. The molecule has 0 amide bonds. The number of anilines is 2. The van der Waals surface area contributed by atoms with Crippen LogP contribution in [0.5, 0.6) is 11.5 Å². The van der Waals surface area contributed by atoms with Gasteiger partial charge in [0.15, 0.2) is 23.1 Å². The first-order chi connectivity index (χ1) is 14.9. The van der Waals surface area contributed by atoms with E-state index in [0.717, 1.165) is 11.3 Å². The average Bonchev–Trinajstić information content (AvgIpc) is 3.23. The first-order valence-electron chi connectivity index (χ1n) is 9.39. The minimum absolute atomic E-state index is 0.131. The number of methoxy groups -OCH3 is 1. The van der Waals surface area contributed by atoms with Crippen molar-refractivity contribution in [1.82, 2.24) is 29.5 Å². The molecular weight excluding hydrogens is 396 g/mol. The molecule has 0 spiro atoms. The largest absolute Gasteiger partial charge is 0.504 e. The molecule has 2 N–H and O–H groups in total. The molecule has 1 aromatic carbocycles. The molecule has 0 fully saturated rings. The molecule has 156 valence electrons. The molecule has 0 aliphatic rings. The minimum Gasteiger partial charge on any atom is -0.504 e. The fourth-order valence-electron chi connectivity index (χ4n) is 3.31. The Hall–Kier alpha value is -4.39. The molecule has 0 aliphatic heterocycles. The second-order valence-electron chi connectivity index (χ2n) is 6.86. The standard InChI is InChI=1S/C21H20N8O2/c1-12-19(30)13(2)29(26-12)17-9-16(23-11-24-17)25-21-20(31-4)18(28(3)27-21)15-7-5-14(10-22)6-8-15/h5-9,11,30H,1-4H3,(H,23,24,25,27). The molecule has 0 saturated carbocycles. The summed E-state index contributed by atoms with van der Waals surface area (Å²) in [6.07, 6.45) is 1.40. The molecule has 0 aliphatic carbocycles. The van der Waals surface area contributed by atoms with E-state index >= 15 is 0 Å². The maximum Gasteiger partial charge on any atom is 0.196 e. The minimum atomic E-state index is 0.131. The van der Waals surface area contributed by atoms with E-state index in [2.05, 4.69) is 31.6 Å². The van der Waals surface area contributed by atoms with Crippen molar-refractivity contribution in [3.63, 3.8) is 0 Å². The molecular formula is C21H20N8O2. The lowest BCUT2D eigenvalue weighted by molar-refractivity contribution is 0.418. The number of hydrogen-bond acceptors (Lipinski definition) is 8. The Morgan fingerprint density at radius 3 is 2.48 bits per heavy atom. The third-order valence-corrected chi connectivity index (χ3v) is 4.86.